The van der Waals surface area contributed by atoms with Gasteiger partial charge in [0, 0.05) is 12.1 Å². The number of piperidine rings is 2. The van der Waals surface area contributed by atoms with E-state index in [1.807, 2.05) is 0 Å². The standard InChI is InChI=1S/C18H32N2/c1-3-7-15-13(5-1)9-11-19-17(15)18-16-8-4-2-6-14(16)10-12-20-18/h13-20H,1-12H2/t13-,14?,15-,16?,17?,18?/m0/s1. The lowest BCUT2D eigenvalue weighted by atomic mass is 9.63. The fraction of sp³-hybridized carbons (Fsp3) is 1.00. The highest BCUT2D eigenvalue weighted by Crippen LogP contribution is 2.43. The van der Waals surface area contributed by atoms with E-state index in [1.165, 1.54) is 77.3 Å². The molecule has 6 atom stereocenters. The first-order valence-corrected chi connectivity index (χ1v) is 9.40. The minimum absolute atomic E-state index is 0.792. The Morgan fingerprint density at radius 3 is 1.45 bits per heavy atom. The molecule has 2 aliphatic carbocycles. The summed E-state index contributed by atoms with van der Waals surface area (Å²) >= 11 is 0. The lowest BCUT2D eigenvalue weighted by Gasteiger charge is -2.51. The molecule has 4 rings (SSSR count). The van der Waals surface area contributed by atoms with Gasteiger partial charge in [0.1, 0.15) is 0 Å². The van der Waals surface area contributed by atoms with E-state index in [0.717, 1.165) is 35.8 Å². The molecule has 2 saturated heterocycles. The van der Waals surface area contributed by atoms with Gasteiger partial charge in [0.2, 0.25) is 0 Å². The Morgan fingerprint density at radius 1 is 0.500 bits per heavy atom. The fourth-order valence-corrected chi connectivity index (χ4v) is 6.10. The SMILES string of the molecule is C1CCC2C(C1)CCNC2C1NCC[C@@H]2CCCC[C@H]12. The molecule has 0 radical (unpaired) electrons. The van der Waals surface area contributed by atoms with Gasteiger partial charge in [-0.15, -0.1) is 0 Å². The summed E-state index contributed by atoms with van der Waals surface area (Å²) in [7, 11) is 0. The zero-order chi connectivity index (χ0) is 13.4. The van der Waals surface area contributed by atoms with Crippen LogP contribution in [-0.2, 0) is 0 Å². The maximum Gasteiger partial charge on any atom is 0.0254 e. The Hall–Kier alpha value is -0.0800. The van der Waals surface area contributed by atoms with Crippen molar-refractivity contribution in [1.29, 1.82) is 0 Å². The summed E-state index contributed by atoms with van der Waals surface area (Å²) in [5, 5.41) is 7.92. The molecule has 4 aliphatic rings. The van der Waals surface area contributed by atoms with Gasteiger partial charge < -0.3 is 10.6 Å². The van der Waals surface area contributed by atoms with Crippen LogP contribution in [-0.4, -0.2) is 25.2 Å². The summed E-state index contributed by atoms with van der Waals surface area (Å²) < 4.78 is 0. The van der Waals surface area contributed by atoms with Gasteiger partial charge in [-0.2, -0.15) is 0 Å². The van der Waals surface area contributed by atoms with Crippen molar-refractivity contribution < 1.29 is 0 Å². The molecule has 2 heterocycles. The molecule has 4 unspecified atom stereocenters. The second-order valence-electron chi connectivity index (χ2n) is 7.95. The van der Waals surface area contributed by atoms with Crippen molar-refractivity contribution in [3.8, 4) is 0 Å². The van der Waals surface area contributed by atoms with Gasteiger partial charge in [0.15, 0.2) is 0 Å². The Balaban J connectivity index is 1.52. The first kappa shape index (κ1) is 13.6. The second-order valence-corrected chi connectivity index (χ2v) is 7.95. The van der Waals surface area contributed by atoms with Crippen molar-refractivity contribution in [2.75, 3.05) is 13.1 Å². The first-order chi connectivity index (χ1) is 9.93. The van der Waals surface area contributed by atoms with Crippen molar-refractivity contribution in [3.63, 3.8) is 0 Å². The Labute approximate surface area is 124 Å². The third-order valence-electron chi connectivity index (χ3n) is 7.04. The summed E-state index contributed by atoms with van der Waals surface area (Å²) in [4.78, 5) is 0. The Morgan fingerprint density at radius 2 is 0.950 bits per heavy atom. The van der Waals surface area contributed by atoms with Crippen LogP contribution in [0.5, 0.6) is 0 Å². The summed E-state index contributed by atoms with van der Waals surface area (Å²) in [6, 6.07) is 1.58. The lowest BCUT2D eigenvalue weighted by molar-refractivity contribution is 0.0467. The summed E-state index contributed by atoms with van der Waals surface area (Å²) in [5.74, 6) is 4.05. The molecule has 4 fully saturated rings. The highest BCUT2D eigenvalue weighted by Gasteiger charge is 2.44. The van der Waals surface area contributed by atoms with E-state index in [9.17, 15) is 0 Å². The van der Waals surface area contributed by atoms with E-state index in [1.54, 1.807) is 0 Å². The van der Waals surface area contributed by atoms with Crippen LogP contribution in [0.2, 0.25) is 0 Å². The molecule has 2 saturated carbocycles. The molecule has 2 N–H and O–H groups in total. The van der Waals surface area contributed by atoms with Crippen LogP contribution in [0, 0.1) is 23.7 Å². The average Bonchev–Trinajstić information content (AvgIpc) is 2.54. The van der Waals surface area contributed by atoms with Crippen molar-refractivity contribution in [1.82, 2.24) is 10.6 Å². The minimum atomic E-state index is 0.792. The van der Waals surface area contributed by atoms with E-state index >= 15 is 0 Å². The molecular formula is C18H32N2. The van der Waals surface area contributed by atoms with Crippen molar-refractivity contribution in [2.24, 2.45) is 23.7 Å². The quantitative estimate of drug-likeness (QED) is 0.768. The number of rotatable bonds is 1. The van der Waals surface area contributed by atoms with Crippen LogP contribution in [0.1, 0.15) is 64.2 Å². The maximum atomic E-state index is 3.96. The van der Waals surface area contributed by atoms with Gasteiger partial charge in [-0.05, 0) is 62.4 Å². The van der Waals surface area contributed by atoms with E-state index in [4.69, 9.17) is 0 Å². The van der Waals surface area contributed by atoms with Crippen LogP contribution in [0.4, 0.5) is 0 Å². The molecule has 0 aromatic heterocycles. The van der Waals surface area contributed by atoms with Gasteiger partial charge in [0.25, 0.3) is 0 Å². The highest BCUT2D eigenvalue weighted by atomic mass is 15.1. The molecular weight excluding hydrogens is 244 g/mol. The molecule has 2 nitrogen and oxygen atoms in total. The summed E-state index contributed by atoms with van der Waals surface area (Å²) in [6.45, 7) is 2.56. The van der Waals surface area contributed by atoms with Crippen LogP contribution >= 0.6 is 0 Å². The zero-order valence-corrected chi connectivity index (χ0v) is 12.9. The van der Waals surface area contributed by atoms with E-state index in [-0.39, 0.29) is 0 Å². The highest BCUT2D eigenvalue weighted by molar-refractivity contribution is 5.01. The number of nitrogens with one attached hydrogen (secondary N) is 2. The summed E-state index contributed by atoms with van der Waals surface area (Å²) in [5.41, 5.74) is 0. The van der Waals surface area contributed by atoms with Crippen LogP contribution in [0.25, 0.3) is 0 Å². The number of hydrogen-bond donors (Lipinski definition) is 2. The second kappa shape index (κ2) is 5.96. The van der Waals surface area contributed by atoms with Crippen molar-refractivity contribution in [3.05, 3.63) is 0 Å². The monoisotopic (exact) mass is 276 g/mol. The predicted molar refractivity (Wildman–Crippen MR) is 83.7 cm³/mol. The summed E-state index contributed by atoms with van der Waals surface area (Å²) in [6.07, 6.45) is 14.9. The van der Waals surface area contributed by atoms with Crippen LogP contribution in [0.3, 0.4) is 0 Å². The number of hydrogen-bond acceptors (Lipinski definition) is 2. The van der Waals surface area contributed by atoms with Crippen LogP contribution in [0.15, 0.2) is 0 Å². The van der Waals surface area contributed by atoms with Gasteiger partial charge in [0.05, 0.1) is 0 Å². The average molecular weight is 276 g/mol. The third kappa shape index (κ3) is 2.43. The topological polar surface area (TPSA) is 24.1 Å². The molecule has 2 aliphatic heterocycles. The normalized spacial score (nSPS) is 49.2. The van der Waals surface area contributed by atoms with Crippen molar-refractivity contribution in [2.45, 2.75) is 76.3 Å². The Kier molecular flexibility index (Phi) is 4.05. The predicted octanol–water partition coefficient (Wildman–Crippen LogP) is 3.32. The van der Waals surface area contributed by atoms with E-state index < -0.39 is 0 Å². The molecule has 0 aromatic carbocycles. The van der Waals surface area contributed by atoms with Crippen molar-refractivity contribution >= 4 is 0 Å². The van der Waals surface area contributed by atoms with Gasteiger partial charge in [-0.1, -0.05) is 38.5 Å². The van der Waals surface area contributed by atoms with E-state index in [2.05, 4.69) is 10.6 Å². The molecule has 0 bridgehead atoms. The molecule has 2 heteroatoms. The molecule has 0 amide bonds. The maximum absolute atomic E-state index is 3.96. The molecule has 0 aromatic rings. The first-order valence-electron chi connectivity index (χ1n) is 9.40. The third-order valence-corrected chi connectivity index (χ3v) is 7.04. The van der Waals surface area contributed by atoms with Gasteiger partial charge in [-0.3, -0.25) is 0 Å². The zero-order valence-electron chi connectivity index (χ0n) is 12.9. The lowest BCUT2D eigenvalue weighted by Crippen LogP contribution is -2.63. The Bertz CT molecular complexity index is 293. The number of fused-ring (bicyclic) bond motifs is 2. The minimum Gasteiger partial charge on any atom is -0.312 e. The molecule has 114 valence electrons. The largest absolute Gasteiger partial charge is 0.312 e. The molecule has 0 spiro atoms. The smallest absolute Gasteiger partial charge is 0.0254 e. The van der Waals surface area contributed by atoms with Gasteiger partial charge >= 0.3 is 0 Å². The molecule has 20 heavy (non-hydrogen) atoms. The van der Waals surface area contributed by atoms with Gasteiger partial charge in [-0.25, -0.2) is 0 Å². The fourth-order valence-electron chi connectivity index (χ4n) is 6.10. The van der Waals surface area contributed by atoms with Crippen LogP contribution < -0.4 is 10.6 Å². The van der Waals surface area contributed by atoms with E-state index in [0.29, 0.717) is 0 Å².